The number of halogens is 2. The number of carbonyl (C=O) groups excluding carboxylic acids is 1. The van der Waals surface area contributed by atoms with Crippen LogP contribution < -0.4 is 5.09 Å². The third-order valence-electron chi connectivity index (χ3n) is 4.78. The number of hydrogen-bond donors (Lipinski definition) is 1. The summed E-state index contributed by atoms with van der Waals surface area (Å²) in [5.74, 6) is 0.186. The summed E-state index contributed by atoms with van der Waals surface area (Å²) >= 11 is 6.94. The van der Waals surface area contributed by atoms with Gasteiger partial charge in [0.05, 0.1) is 32.4 Å². The van der Waals surface area contributed by atoms with Crippen LogP contribution >= 0.6 is 31.5 Å². The maximum absolute atomic E-state index is 12.2. The molecule has 1 saturated heterocycles. The summed E-state index contributed by atoms with van der Waals surface area (Å²) < 4.78 is 28.3. The number of carbonyl (C=O) groups is 1. The number of aromatic nitrogens is 1. The van der Waals surface area contributed by atoms with E-state index >= 15 is 0 Å². The van der Waals surface area contributed by atoms with Crippen molar-refractivity contribution in [1.82, 2.24) is 15.0 Å². The fourth-order valence-corrected chi connectivity index (χ4v) is 5.43. The fraction of sp³-hybridized carbons (Fsp3) is 0.409. The second-order valence-electron chi connectivity index (χ2n) is 7.07. The summed E-state index contributed by atoms with van der Waals surface area (Å²) in [6, 6.07) is 5.91. The second-order valence-corrected chi connectivity index (χ2v) is 9.69. The zero-order valence-corrected chi connectivity index (χ0v) is 21.6. The van der Waals surface area contributed by atoms with Gasteiger partial charge in [0.15, 0.2) is 10.8 Å². The Morgan fingerprint density at radius 1 is 1.35 bits per heavy atom. The van der Waals surface area contributed by atoms with Gasteiger partial charge in [0.25, 0.3) is 8.53 Å². The molecule has 0 amide bonds. The van der Waals surface area contributed by atoms with E-state index in [9.17, 15) is 9.18 Å². The summed E-state index contributed by atoms with van der Waals surface area (Å²) in [6.45, 7) is 6.03. The van der Waals surface area contributed by atoms with Crippen LogP contribution in [0.25, 0.3) is 0 Å². The predicted molar refractivity (Wildman–Crippen MR) is 132 cm³/mol. The van der Waals surface area contributed by atoms with E-state index in [1.54, 1.807) is 18.3 Å². The first kappa shape index (κ1) is 26.7. The summed E-state index contributed by atoms with van der Waals surface area (Å²) in [5.41, 5.74) is 1.55. The molecule has 0 radical (unpaired) electrons. The maximum atomic E-state index is 12.2. The molecule has 1 unspecified atom stereocenters. The second kappa shape index (κ2) is 13.2. The Bertz CT molecular complexity index is 1000. The number of amidine groups is 1. The number of esters is 1. The van der Waals surface area contributed by atoms with Crippen LogP contribution in [-0.2, 0) is 18.6 Å². The van der Waals surface area contributed by atoms with Gasteiger partial charge >= 0.3 is 5.97 Å². The van der Waals surface area contributed by atoms with Crippen LogP contribution in [0, 0.1) is 5.82 Å². The van der Waals surface area contributed by atoms with Crippen molar-refractivity contribution in [2.24, 2.45) is 4.99 Å². The standard InChI is InChI=1S/C16H23N4O4PS.C6H4ClF/c1-4-23-25(24-5-2)19-11-8-13-12(16(21)22-3)9-18-14(20(13)10-11)15-17-6-7-26-15;7-5-2-1-3-6(8)4-5/h6-7,11,19H,4-5,8-10H2,1-3H3;1-4H. The highest BCUT2D eigenvalue weighted by Crippen LogP contribution is 2.38. The third kappa shape index (κ3) is 7.04. The Kier molecular flexibility index (Phi) is 10.4. The van der Waals surface area contributed by atoms with Gasteiger partial charge < -0.3 is 18.7 Å². The van der Waals surface area contributed by atoms with E-state index in [1.807, 2.05) is 19.2 Å². The molecule has 0 spiro atoms. The van der Waals surface area contributed by atoms with Crippen molar-refractivity contribution < 1.29 is 23.0 Å². The molecule has 1 N–H and O–H groups in total. The summed E-state index contributed by atoms with van der Waals surface area (Å²) in [4.78, 5) is 23.2. The van der Waals surface area contributed by atoms with Crippen molar-refractivity contribution in [3.8, 4) is 0 Å². The minimum atomic E-state index is -1.16. The molecule has 3 heterocycles. The molecule has 1 atom stereocenters. The molecule has 0 aliphatic carbocycles. The number of thiazole rings is 1. The van der Waals surface area contributed by atoms with Crippen LogP contribution in [0.15, 0.2) is 52.1 Å². The van der Waals surface area contributed by atoms with Gasteiger partial charge in [-0.3, -0.25) is 4.99 Å². The van der Waals surface area contributed by atoms with Crippen molar-refractivity contribution >= 4 is 43.3 Å². The van der Waals surface area contributed by atoms with Gasteiger partial charge in [-0.1, -0.05) is 17.7 Å². The third-order valence-corrected chi connectivity index (χ3v) is 7.35. The monoisotopic (exact) mass is 528 g/mol. The lowest BCUT2D eigenvalue weighted by Gasteiger charge is -2.26. The number of nitrogens with one attached hydrogen (secondary N) is 1. The van der Waals surface area contributed by atoms with Crippen molar-refractivity contribution in [2.75, 3.05) is 33.4 Å². The number of fused-ring (bicyclic) bond motifs is 1. The molecule has 34 heavy (non-hydrogen) atoms. The average molecular weight is 529 g/mol. The van der Waals surface area contributed by atoms with Crippen LogP contribution in [0.2, 0.25) is 5.02 Å². The van der Waals surface area contributed by atoms with Gasteiger partial charge in [-0.2, -0.15) is 0 Å². The number of hydrogen-bond acceptors (Lipinski definition) is 9. The van der Waals surface area contributed by atoms with Crippen molar-refractivity contribution in [3.63, 3.8) is 0 Å². The number of nitrogens with zero attached hydrogens (tertiary/aromatic N) is 3. The van der Waals surface area contributed by atoms with Gasteiger partial charge in [0.1, 0.15) is 5.82 Å². The van der Waals surface area contributed by atoms with Crippen LogP contribution in [0.5, 0.6) is 0 Å². The van der Waals surface area contributed by atoms with Crippen LogP contribution in [0.3, 0.4) is 0 Å². The normalized spacial score (nSPS) is 17.3. The van der Waals surface area contributed by atoms with E-state index in [1.165, 1.54) is 30.6 Å². The SMILES string of the molecule is CCOP(NC1CC2=C(C(=O)OC)CN=C(c3nccs3)N2C1)OCC.Fc1cccc(Cl)c1. The Labute approximate surface area is 208 Å². The molecule has 8 nitrogen and oxygen atoms in total. The molecule has 4 rings (SSSR count). The molecular formula is C22H27ClFN4O4PS. The molecule has 184 valence electrons. The topological polar surface area (TPSA) is 85.3 Å². The van der Waals surface area contributed by atoms with E-state index < -0.39 is 8.53 Å². The molecule has 2 aliphatic rings. The highest BCUT2D eigenvalue weighted by Gasteiger charge is 2.38. The van der Waals surface area contributed by atoms with Crippen LogP contribution in [-0.4, -0.2) is 61.1 Å². The number of benzene rings is 1. The van der Waals surface area contributed by atoms with Gasteiger partial charge in [-0.05, 0) is 32.0 Å². The Hall–Kier alpha value is -1.94. The summed E-state index contributed by atoms with van der Waals surface area (Å²) in [6.07, 6.45) is 2.45. The van der Waals surface area contributed by atoms with Crippen LogP contribution in [0.1, 0.15) is 25.3 Å². The molecule has 12 heteroatoms. The molecule has 1 fully saturated rings. The number of rotatable bonds is 8. The minimum absolute atomic E-state index is 0.0946. The first-order valence-corrected chi connectivity index (χ1v) is 13.2. The lowest BCUT2D eigenvalue weighted by atomic mass is 10.1. The molecule has 2 aliphatic heterocycles. The van der Waals surface area contributed by atoms with E-state index in [-0.39, 0.29) is 17.8 Å². The molecule has 2 aromatic rings. The van der Waals surface area contributed by atoms with Crippen molar-refractivity contribution in [3.05, 3.63) is 63.0 Å². The molecule has 1 aromatic carbocycles. The van der Waals surface area contributed by atoms with Crippen LogP contribution in [0.4, 0.5) is 4.39 Å². The molecular weight excluding hydrogens is 502 g/mol. The molecule has 0 saturated carbocycles. The largest absolute Gasteiger partial charge is 0.466 e. The summed E-state index contributed by atoms with van der Waals surface area (Å²) in [5, 5.41) is 6.65. The van der Waals surface area contributed by atoms with Crippen molar-refractivity contribution in [2.45, 2.75) is 26.3 Å². The first-order chi connectivity index (χ1) is 16.5. The zero-order valence-electron chi connectivity index (χ0n) is 19.2. The van der Waals surface area contributed by atoms with E-state index in [0.29, 0.717) is 43.3 Å². The average Bonchev–Trinajstić information content (AvgIpc) is 3.49. The molecule has 1 aromatic heterocycles. The highest BCUT2D eigenvalue weighted by molar-refractivity contribution is 7.45. The van der Waals surface area contributed by atoms with E-state index in [2.05, 4.69) is 20.0 Å². The van der Waals surface area contributed by atoms with Gasteiger partial charge in [-0.15, -0.1) is 11.3 Å². The van der Waals surface area contributed by atoms with Gasteiger partial charge in [0, 0.05) is 41.3 Å². The van der Waals surface area contributed by atoms with Gasteiger partial charge in [-0.25, -0.2) is 19.3 Å². The number of methoxy groups -OCH3 is 1. The smallest absolute Gasteiger partial charge is 0.337 e. The lowest BCUT2D eigenvalue weighted by Crippen LogP contribution is -2.36. The molecule has 0 bridgehead atoms. The lowest BCUT2D eigenvalue weighted by molar-refractivity contribution is -0.136. The van der Waals surface area contributed by atoms with E-state index in [4.69, 9.17) is 25.4 Å². The summed E-state index contributed by atoms with van der Waals surface area (Å²) in [7, 11) is 0.237. The van der Waals surface area contributed by atoms with Gasteiger partial charge in [0.2, 0.25) is 0 Å². The minimum Gasteiger partial charge on any atom is -0.466 e. The number of ether oxygens (including phenoxy) is 1. The van der Waals surface area contributed by atoms with E-state index in [0.717, 1.165) is 16.5 Å². The first-order valence-electron chi connectivity index (χ1n) is 10.7. The maximum Gasteiger partial charge on any atom is 0.337 e. The highest BCUT2D eigenvalue weighted by atomic mass is 35.5. The number of aliphatic imine (C=N–C) groups is 1. The zero-order chi connectivity index (χ0) is 24.5. The quantitative estimate of drug-likeness (QED) is 0.390. The predicted octanol–water partition coefficient (Wildman–Crippen LogP) is 4.77. The van der Waals surface area contributed by atoms with Crippen molar-refractivity contribution in [1.29, 1.82) is 0 Å². The fourth-order valence-electron chi connectivity index (χ4n) is 3.43. The Morgan fingerprint density at radius 2 is 2.12 bits per heavy atom. The Balaban J connectivity index is 0.000000343. The Morgan fingerprint density at radius 3 is 2.68 bits per heavy atom.